The predicted molar refractivity (Wildman–Crippen MR) is 181 cm³/mol. The van der Waals surface area contributed by atoms with Crippen LogP contribution in [-0.2, 0) is 0 Å². The lowest BCUT2D eigenvalue weighted by Crippen LogP contribution is -1.96. The minimum atomic E-state index is 1.15. The van der Waals surface area contributed by atoms with Crippen LogP contribution in [0.25, 0.3) is 65.4 Å². The van der Waals surface area contributed by atoms with Gasteiger partial charge in [-0.1, -0.05) is 135 Å². The van der Waals surface area contributed by atoms with Gasteiger partial charge in [-0.2, -0.15) is 5.26 Å². The highest BCUT2D eigenvalue weighted by Crippen LogP contribution is 2.48. The quantitative estimate of drug-likeness (QED) is 0.162. The van der Waals surface area contributed by atoms with Crippen LogP contribution in [0.15, 0.2) is 135 Å². The number of allylic oxidation sites excluding steroid dienone is 6. The molecule has 0 spiro atoms. The SMILES string of the molecule is C=C/C(=C\C)c1c2ccccc2c(-c2c3ccccc3c(/C(C=C)=C/C)c3ccccc23)c2ccccc12.CC#N. The van der Waals surface area contributed by atoms with Crippen molar-refractivity contribution in [2.75, 3.05) is 0 Å². The lowest BCUT2D eigenvalue weighted by Gasteiger charge is -2.22. The van der Waals surface area contributed by atoms with Gasteiger partial charge in [-0.3, -0.25) is 0 Å². The molecule has 0 N–H and O–H groups in total. The van der Waals surface area contributed by atoms with Gasteiger partial charge in [-0.15, -0.1) is 0 Å². The smallest absolute Gasteiger partial charge is 0.0587 e. The zero-order chi connectivity index (χ0) is 28.9. The Bertz CT molecular complexity index is 1800. The molecular weight excluding hydrogens is 494 g/mol. The van der Waals surface area contributed by atoms with E-state index >= 15 is 0 Å². The molecule has 0 amide bonds. The Kier molecular flexibility index (Phi) is 7.95. The Morgan fingerprint density at radius 3 is 0.927 bits per heavy atom. The maximum absolute atomic E-state index is 7.32. The van der Waals surface area contributed by atoms with Crippen molar-refractivity contribution >= 4 is 54.2 Å². The van der Waals surface area contributed by atoms with Gasteiger partial charge in [0.15, 0.2) is 0 Å². The monoisotopic (exact) mass is 527 g/mol. The van der Waals surface area contributed by atoms with Crippen LogP contribution in [0.1, 0.15) is 31.9 Å². The minimum absolute atomic E-state index is 1.15. The van der Waals surface area contributed by atoms with Crippen LogP contribution in [-0.4, -0.2) is 0 Å². The van der Waals surface area contributed by atoms with Crippen molar-refractivity contribution in [1.29, 1.82) is 5.26 Å². The van der Waals surface area contributed by atoms with Gasteiger partial charge < -0.3 is 0 Å². The van der Waals surface area contributed by atoms with E-state index in [1.54, 1.807) is 6.07 Å². The summed E-state index contributed by atoms with van der Waals surface area (Å²) in [5.41, 5.74) is 7.34. The fraction of sp³-hybridized carbons (Fsp3) is 0.0750. The molecule has 6 aromatic rings. The summed E-state index contributed by atoms with van der Waals surface area (Å²) in [6, 6.07) is 37.0. The zero-order valence-electron chi connectivity index (χ0n) is 23.9. The molecule has 0 aliphatic carbocycles. The second-order valence-corrected chi connectivity index (χ2v) is 9.80. The van der Waals surface area contributed by atoms with Crippen molar-refractivity contribution in [3.8, 4) is 17.2 Å². The average Bonchev–Trinajstić information content (AvgIpc) is 3.02. The Labute approximate surface area is 242 Å². The van der Waals surface area contributed by atoms with E-state index < -0.39 is 0 Å². The van der Waals surface area contributed by atoms with Gasteiger partial charge in [0, 0.05) is 6.92 Å². The van der Waals surface area contributed by atoms with E-state index in [0.29, 0.717) is 0 Å². The second-order valence-electron chi connectivity index (χ2n) is 9.80. The highest BCUT2D eigenvalue weighted by Gasteiger charge is 2.21. The van der Waals surface area contributed by atoms with Crippen LogP contribution in [0.4, 0.5) is 0 Å². The van der Waals surface area contributed by atoms with Gasteiger partial charge in [-0.05, 0) is 90.3 Å². The summed E-state index contributed by atoms with van der Waals surface area (Å²) in [6.45, 7) is 13.9. The molecule has 0 aliphatic heterocycles. The van der Waals surface area contributed by atoms with Crippen molar-refractivity contribution in [2.24, 2.45) is 0 Å². The van der Waals surface area contributed by atoms with Crippen molar-refractivity contribution in [3.63, 3.8) is 0 Å². The van der Waals surface area contributed by atoms with E-state index in [1.165, 1.54) is 72.3 Å². The summed E-state index contributed by atoms with van der Waals surface area (Å²) in [6.07, 6.45) is 8.27. The molecular formula is C40H33N. The summed E-state index contributed by atoms with van der Waals surface area (Å²) in [7, 11) is 0. The van der Waals surface area contributed by atoms with E-state index in [2.05, 4.69) is 136 Å². The first kappa shape index (κ1) is 27.4. The lowest BCUT2D eigenvalue weighted by atomic mass is 9.81. The fourth-order valence-electron chi connectivity index (χ4n) is 6.15. The van der Waals surface area contributed by atoms with Gasteiger partial charge in [0.2, 0.25) is 0 Å². The standard InChI is InChI=1S/C38H30.C2H3N/c1-5-25(6-2)35-27-17-9-13-21-31(27)37(32-22-14-10-18-28(32)35)38-33-23-15-11-19-29(33)36(26(7-3)8-4)30-20-12-16-24-34(30)38;1-2-3/h5-24H,1,3H2,2,4H3;1H3/b25-6+,26-8+;. The first-order valence-corrected chi connectivity index (χ1v) is 13.9. The van der Waals surface area contributed by atoms with E-state index in [4.69, 9.17) is 5.26 Å². The largest absolute Gasteiger partial charge is 0.199 e. The molecule has 0 saturated heterocycles. The predicted octanol–water partition coefficient (Wildman–Crippen LogP) is 11.7. The van der Waals surface area contributed by atoms with Crippen molar-refractivity contribution in [1.82, 2.24) is 0 Å². The molecule has 0 saturated carbocycles. The summed E-state index contributed by atoms with van der Waals surface area (Å²) < 4.78 is 0. The highest BCUT2D eigenvalue weighted by atomic mass is 14.2. The molecule has 1 heteroatoms. The molecule has 6 aromatic carbocycles. The number of benzene rings is 6. The van der Waals surface area contributed by atoms with Crippen molar-refractivity contribution < 1.29 is 0 Å². The molecule has 1 nitrogen and oxygen atoms in total. The Morgan fingerprint density at radius 1 is 0.512 bits per heavy atom. The lowest BCUT2D eigenvalue weighted by molar-refractivity contribution is 1.49. The third-order valence-corrected chi connectivity index (χ3v) is 7.75. The summed E-state index contributed by atoms with van der Waals surface area (Å²) in [5.74, 6) is 0. The molecule has 0 aromatic heterocycles. The molecule has 41 heavy (non-hydrogen) atoms. The van der Waals surface area contributed by atoms with Crippen molar-refractivity contribution in [3.05, 3.63) is 146 Å². The molecule has 0 aliphatic rings. The van der Waals surface area contributed by atoms with Gasteiger partial charge in [0.05, 0.1) is 6.07 Å². The summed E-state index contributed by atoms with van der Waals surface area (Å²) in [4.78, 5) is 0. The molecule has 0 radical (unpaired) electrons. The van der Waals surface area contributed by atoms with Gasteiger partial charge in [0.25, 0.3) is 0 Å². The molecule has 0 unspecified atom stereocenters. The normalized spacial score (nSPS) is 11.8. The number of rotatable bonds is 5. The summed E-state index contributed by atoms with van der Waals surface area (Å²) in [5, 5.41) is 17.3. The topological polar surface area (TPSA) is 23.8 Å². The number of nitriles is 1. The Balaban J connectivity index is 0.00000108. The van der Waals surface area contributed by atoms with E-state index in [1.807, 2.05) is 12.2 Å². The molecule has 0 fully saturated rings. The first-order valence-electron chi connectivity index (χ1n) is 13.9. The van der Waals surface area contributed by atoms with Crippen LogP contribution in [0.5, 0.6) is 0 Å². The Hall–Kier alpha value is -5.19. The minimum Gasteiger partial charge on any atom is -0.199 e. The Morgan fingerprint density at radius 2 is 0.732 bits per heavy atom. The molecule has 198 valence electrons. The van der Waals surface area contributed by atoms with Gasteiger partial charge in [-0.25, -0.2) is 0 Å². The zero-order valence-corrected chi connectivity index (χ0v) is 23.9. The average molecular weight is 528 g/mol. The van der Waals surface area contributed by atoms with Crippen LogP contribution >= 0.6 is 0 Å². The van der Waals surface area contributed by atoms with Crippen molar-refractivity contribution in [2.45, 2.75) is 20.8 Å². The second kappa shape index (κ2) is 11.9. The molecule has 0 bridgehead atoms. The number of fused-ring (bicyclic) bond motifs is 4. The van der Waals surface area contributed by atoms with Gasteiger partial charge in [0.1, 0.15) is 0 Å². The van der Waals surface area contributed by atoms with E-state index in [-0.39, 0.29) is 0 Å². The van der Waals surface area contributed by atoms with Crippen LogP contribution in [0.2, 0.25) is 0 Å². The number of nitrogens with zero attached hydrogens (tertiary/aromatic N) is 1. The van der Waals surface area contributed by atoms with Crippen LogP contribution in [0.3, 0.4) is 0 Å². The number of hydrogen-bond donors (Lipinski definition) is 0. The van der Waals surface area contributed by atoms with E-state index in [9.17, 15) is 0 Å². The fourth-order valence-corrected chi connectivity index (χ4v) is 6.15. The number of hydrogen-bond acceptors (Lipinski definition) is 1. The highest BCUT2D eigenvalue weighted by molar-refractivity contribution is 6.28. The van der Waals surface area contributed by atoms with Crippen LogP contribution < -0.4 is 0 Å². The summed E-state index contributed by atoms with van der Waals surface area (Å²) >= 11 is 0. The first-order chi connectivity index (χ1) is 20.1. The third kappa shape index (κ3) is 4.54. The molecule has 0 atom stereocenters. The van der Waals surface area contributed by atoms with E-state index in [0.717, 1.165) is 11.1 Å². The maximum atomic E-state index is 7.32. The van der Waals surface area contributed by atoms with Crippen LogP contribution in [0, 0.1) is 11.3 Å². The third-order valence-electron chi connectivity index (χ3n) is 7.75. The molecule has 6 rings (SSSR count). The molecule has 0 heterocycles. The maximum Gasteiger partial charge on any atom is 0.0587 e. The van der Waals surface area contributed by atoms with Gasteiger partial charge >= 0.3 is 0 Å².